The second kappa shape index (κ2) is 6.86. The molecule has 116 valence electrons. The Morgan fingerprint density at radius 3 is 2.55 bits per heavy atom. The van der Waals surface area contributed by atoms with Gasteiger partial charge in [-0.15, -0.1) is 0 Å². The quantitative estimate of drug-likeness (QED) is 0.425. The van der Waals surface area contributed by atoms with Crippen LogP contribution in [0.5, 0.6) is 0 Å². The Morgan fingerprint density at radius 1 is 1.35 bits per heavy atom. The number of urea groups is 1. The van der Waals surface area contributed by atoms with E-state index in [1.54, 1.807) is 0 Å². The van der Waals surface area contributed by atoms with Crippen LogP contribution in [0.2, 0.25) is 0 Å². The minimum absolute atomic E-state index is 0.0123. The molecule has 1 fully saturated rings. The number of likely N-dealkylation sites (tertiary alicyclic amines) is 1. The molecule has 1 aliphatic heterocycles. The zero-order valence-corrected chi connectivity index (χ0v) is 11.9. The molecule has 20 heavy (non-hydrogen) atoms. The van der Waals surface area contributed by atoms with Gasteiger partial charge in [0.1, 0.15) is 6.04 Å². The fourth-order valence-electron chi connectivity index (χ4n) is 1.92. The molecule has 2 unspecified atom stereocenters. The largest absolute Gasteiger partial charge is 0.480 e. The summed E-state index contributed by atoms with van der Waals surface area (Å²) in [4.78, 5) is 23.8. The first-order valence-electron chi connectivity index (χ1n) is 6.10. The monoisotopic (exact) mass is 309 g/mol. The number of carbonyl (C=O) groups is 2. The summed E-state index contributed by atoms with van der Waals surface area (Å²) in [6, 6.07) is -1.60. The van der Waals surface area contributed by atoms with Gasteiger partial charge in [-0.3, -0.25) is 0 Å². The number of carbonyl (C=O) groups excluding carboxylic acids is 1. The average molecular weight is 309 g/mol. The highest BCUT2D eigenvalue weighted by Gasteiger charge is 2.38. The summed E-state index contributed by atoms with van der Waals surface area (Å²) in [7, 11) is -3.25. The van der Waals surface area contributed by atoms with Gasteiger partial charge in [0.15, 0.2) is 0 Å². The predicted octanol–water partition coefficient (Wildman–Crippen LogP) is -1.84. The summed E-state index contributed by atoms with van der Waals surface area (Å²) in [6.45, 7) is 0.370. The van der Waals surface area contributed by atoms with Crippen molar-refractivity contribution in [3.8, 4) is 0 Å². The van der Waals surface area contributed by atoms with Crippen molar-refractivity contribution in [2.45, 2.75) is 25.0 Å². The lowest BCUT2D eigenvalue weighted by molar-refractivity contribution is -0.141. The standard InChI is InChI=1S/C10H19N3O6S/c1-20(18,19)12-4-2-3-11-10(17)13-6-7(14)5-8(13)9(15)16/h7-8,12,14H,2-6H2,1H3,(H,11,17)(H,15,16). The first-order chi connectivity index (χ1) is 9.20. The van der Waals surface area contributed by atoms with Crippen molar-refractivity contribution in [3.05, 3.63) is 0 Å². The molecule has 0 radical (unpaired) electrons. The van der Waals surface area contributed by atoms with Crippen molar-refractivity contribution in [2.24, 2.45) is 0 Å². The number of aliphatic hydroxyl groups is 1. The summed E-state index contributed by atoms with van der Waals surface area (Å²) in [5.74, 6) is -1.16. The third-order valence-corrected chi connectivity index (χ3v) is 3.55. The lowest BCUT2D eigenvalue weighted by Crippen LogP contribution is -2.46. The van der Waals surface area contributed by atoms with Crippen molar-refractivity contribution in [1.29, 1.82) is 0 Å². The molecule has 10 heteroatoms. The number of hydrogen-bond donors (Lipinski definition) is 4. The molecule has 0 saturated carbocycles. The fourth-order valence-corrected chi connectivity index (χ4v) is 2.43. The van der Waals surface area contributed by atoms with E-state index in [9.17, 15) is 23.1 Å². The van der Waals surface area contributed by atoms with Gasteiger partial charge < -0.3 is 20.4 Å². The number of aliphatic hydroxyl groups excluding tert-OH is 1. The van der Waals surface area contributed by atoms with Gasteiger partial charge in [0.05, 0.1) is 12.4 Å². The highest BCUT2D eigenvalue weighted by atomic mass is 32.2. The van der Waals surface area contributed by atoms with Gasteiger partial charge >= 0.3 is 12.0 Å². The normalized spacial score (nSPS) is 22.8. The first kappa shape index (κ1) is 16.7. The van der Waals surface area contributed by atoms with Gasteiger partial charge in [-0.25, -0.2) is 22.7 Å². The lowest BCUT2D eigenvalue weighted by atomic mass is 10.2. The SMILES string of the molecule is CS(=O)(=O)NCCCNC(=O)N1CC(O)CC1C(=O)O. The molecule has 4 N–H and O–H groups in total. The summed E-state index contributed by atoms with van der Waals surface area (Å²) < 4.78 is 23.9. The number of β-amino-alcohol motifs (C(OH)–C–C–N with tert-alkyl or cyclic N) is 1. The third kappa shape index (κ3) is 5.31. The smallest absolute Gasteiger partial charge is 0.326 e. The molecule has 9 nitrogen and oxygen atoms in total. The van der Waals surface area contributed by atoms with Crippen molar-refractivity contribution >= 4 is 22.0 Å². The number of amides is 2. The van der Waals surface area contributed by atoms with Crippen molar-refractivity contribution in [1.82, 2.24) is 14.9 Å². The molecule has 2 amide bonds. The number of sulfonamides is 1. The van der Waals surface area contributed by atoms with Crippen LogP contribution in [0, 0.1) is 0 Å². The van der Waals surface area contributed by atoms with Gasteiger partial charge in [-0.1, -0.05) is 0 Å². The average Bonchev–Trinajstić information content (AvgIpc) is 2.69. The van der Waals surface area contributed by atoms with E-state index in [1.807, 2.05) is 0 Å². The second-order valence-corrected chi connectivity index (χ2v) is 6.48. The van der Waals surface area contributed by atoms with E-state index in [2.05, 4.69) is 10.0 Å². The molecule has 0 bridgehead atoms. The molecule has 0 aromatic carbocycles. The fraction of sp³-hybridized carbons (Fsp3) is 0.800. The molecule has 2 atom stereocenters. The van der Waals surface area contributed by atoms with Crippen LogP contribution in [-0.2, 0) is 14.8 Å². The van der Waals surface area contributed by atoms with E-state index >= 15 is 0 Å². The maximum atomic E-state index is 11.8. The van der Waals surface area contributed by atoms with Crippen LogP contribution in [0.1, 0.15) is 12.8 Å². The van der Waals surface area contributed by atoms with Gasteiger partial charge in [-0.2, -0.15) is 0 Å². The van der Waals surface area contributed by atoms with Gasteiger partial charge in [0.25, 0.3) is 0 Å². The Kier molecular flexibility index (Phi) is 5.72. The molecule has 0 spiro atoms. The lowest BCUT2D eigenvalue weighted by Gasteiger charge is -2.21. The molecule has 1 rings (SSSR count). The molecule has 0 aromatic rings. The van der Waals surface area contributed by atoms with Crippen LogP contribution < -0.4 is 10.0 Å². The Hall–Kier alpha value is -1.39. The van der Waals surface area contributed by atoms with Gasteiger partial charge in [0, 0.05) is 26.1 Å². The topological polar surface area (TPSA) is 136 Å². The van der Waals surface area contributed by atoms with Crippen LogP contribution in [0.25, 0.3) is 0 Å². The molecular weight excluding hydrogens is 290 g/mol. The predicted molar refractivity (Wildman–Crippen MR) is 69.6 cm³/mol. The Morgan fingerprint density at radius 2 is 2.00 bits per heavy atom. The van der Waals surface area contributed by atoms with Gasteiger partial charge in [-0.05, 0) is 6.42 Å². The van der Waals surface area contributed by atoms with E-state index in [0.29, 0.717) is 6.42 Å². The maximum absolute atomic E-state index is 11.8. The van der Waals surface area contributed by atoms with E-state index in [4.69, 9.17) is 5.11 Å². The van der Waals surface area contributed by atoms with Gasteiger partial charge in [0.2, 0.25) is 10.0 Å². The Bertz CT molecular complexity index is 466. The van der Waals surface area contributed by atoms with E-state index < -0.39 is 34.2 Å². The van der Waals surface area contributed by atoms with Crippen molar-refractivity contribution in [2.75, 3.05) is 25.9 Å². The zero-order chi connectivity index (χ0) is 15.3. The number of nitrogens with one attached hydrogen (secondary N) is 2. The summed E-state index contributed by atoms with van der Waals surface area (Å²) in [5.41, 5.74) is 0. The maximum Gasteiger partial charge on any atom is 0.326 e. The van der Waals surface area contributed by atoms with Crippen molar-refractivity contribution in [3.63, 3.8) is 0 Å². The minimum Gasteiger partial charge on any atom is -0.480 e. The minimum atomic E-state index is -3.25. The highest BCUT2D eigenvalue weighted by molar-refractivity contribution is 7.88. The molecule has 0 aromatic heterocycles. The Labute approximate surface area is 117 Å². The van der Waals surface area contributed by atoms with Crippen molar-refractivity contribution < 1.29 is 28.2 Å². The molecule has 0 aliphatic carbocycles. The second-order valence-electron chi connectivity index (χ2n) is 4.65. The number of carboxylic acid groups (broad SMARTS) is 1. The number of nitrogens with zero attached hydrogens (tertiary/aromatic N) is 1. The number of aliphatic carboxylic acids is 1. The summed E-state index contributed by atoms with van der Waals surface area (Å²) in [6.07, 6.45) is 0.591. The molecule has 1 aliphatic rings. The first-order valence-corrected chi connectivity index (χ1v) is 8.00. The van der Waals surface area contributed by atoms with E-state index in [0.717, 1.165) is 11.2 Å². The van der Waals surface area contributed by atoms with Crippen LogP contribution in [-0.4, -0.2) is 73.6 Å². The Balaban J connectivity index is 2.33. The highest BCUT2D eigenvalue weighted by Crippen LogP contribution is 2.17. The summed E-state index contributed by atoms with van der Waals surface area (Å²) >= 11 is 0. The number of rotatable bonds is 6. The van der Waals surface area contributed by atoms with Crippen LogP contribution in [0.15, 0.2) is 0 Å². The van der Waals surface area contributed by atoms with Crippen LogP contribution in [0.4, 0.5) is 4.79 Å². The third-order valence-electron chi connectivity index (χ3n) is 2.82. The number of carboxylic acids is 1. The van der Waals surface area contributed by atoms with Crippen LogP contribution in [0.3, 0.4) is 0 Å². The summed E-state index contributed by atoms with van der Waals surface area (Å²) in [5, 5.41) is 20.8. The molecular formula is C10H19N3O6S. The molecule has 1 saturated heterocycles. The molecule has 1 heterocycles. The number of hydrogen-bond acceptors (Lipinski definition) is 5. The van der Waals surface area contributed by atoms with Crippen LogP contribution >= 0.6 is 0 Å². The van der Waals surface area contributed by atoms with E-state index in [1.165, 1.54) is 0 Å². The van der Waals surface area contributed by atoms with E-state index in [-0.39, 0.29) is 26.1 Å². The zero-order valence-electron chi connectivity index (χ0n) is 11.1.